The Labute approximate surface area is 199 Å². The van der Waals surface area contributed by atoms with Crippen molar-refractivity contribution in [3.05, 3.63) is 107 Å². The lowest BCUT2D eigenvalue weighted by Crippen LogP contribution is -2.42. The van der Waals surface area contributed by atoms with Crippen molar-refractivity contribution < 1.29 is 19.1 Å². The lowest BCUT2D eigenvalue weighted by Gasteiger charge is -2.29. The minimum Gasteiger partial charge on any atom is -0.466 e. The molecule has 0 saturated carbocycles. The molecule has 3 aromatic rings. The van der Waals surface area contributed by atoms with Crippen LogP contribution in [0, 0.1) is 6.92 Å². The van der Waals surface area contributed by atoms with Crippen molar-refractivity contribution in [3.63, 3.8) is 0 Å². The molecule has 4 rings (SSSR count). The molecule has 6 heteroatoms. The third-order valence-corrected chi connectivity index (χ3v) is 6.00. The van der Waals surface area contributed by atoms with Gasteiger partial charge in [0.05, 0.1) is 19.1 Å². The number of aryl methyl sites for hydroxylation is 1. The van der Waals surface area contributed by atoms with Gasteiger partial charge in [-0.05, 0) is 36.6 Å². The first-order valence-corrected chi connectivity index (χ1v) is 11.4. The zero-order valence-electron chi connectivity index (χ0n) is 19.4. The fourth-order valence-corrected chi connectivity index (χ4v) is 4.28. The van der Waals surface area contributed by atoms with Crippen LogP contribution in [-0.2, 0) is 20.9 Å². The summed E-state index contributed by atoms with van der Waals surface area (Å²) in [5.74, 6) is -0.923. The van der Waals surface area contributed by atoms with Crippen LogP contribution in [0.25, 0.3) is 0 Å². The highest BCUT2D eigenvalue weighted by atomic mass is 16.5. The average Bonchev–Trinajstić information content (AvgIpc) is 3.16. The molecule has 2 amide bonds. The summed E-state index contributed by atoms with van der Waals surface area (Å²) in [6.45, 7) is 4.33. The van der Waals surface area contributed by atoms with Crippen molar-refractivity contribution >= 4 is 17.8 Å². The maximum atomic E-state index is 13.8. The van der Waals surface area contributed by atoms with Crippen LogP contribution in [0.15, 0.2) is 78.9 Å². The van der Waals surface area contributed by atoms with E-state index in [1.165, 1.54) is 0 Å². The summed E-state index contributed by atoms with van der Waals surface area (Å²) in [4.78, 5) is 40.9. The van der Waals surface area contributed by atoms with E-state index in [4.69, 9.17) is 4.74 Å². The number of hydrogen-bond acceptors (Lipinski definition) is 4. The average molecular weight is 457 g/mol. The molecule has 0 aliphatic carbocycles. The van der Waals surface area contributed by atoms with Crippen LogP contribution in [0.5, 0.6) is 0 Å². The minimum absolute atomic E-state index is 0.00166. The Morgan fingerprint density at radius 3 is 2.29 bits per heavy atom. The Balaban J connectivity index is 1.65. The van der Waals surface area contributed by atoms with Crippen LogP contribution in [0.4, 0.5) is 0 Å². The van der Waals surface area contributed by atoms with E-state index in [0.717, 1.165) is 16.7 Å². The van der Waals surface area contributed by atoms with Gasteiger partial charge in [0.2, 0.25) is 5.91 Å². The summed E-state index contributed by atoms with van der Waals surface area (Å²) >= 11 is 0. The van der Waals surface area contributed by atoms with Crippen LogP contribution >= 0.6 is 0 Å². The predicted octanol–water partition coefficient (Wildman–Crippen LogP) is 4.50. The molecule has 0 aromatic heterocycles. The number of ether oxygens (including phenoxy) is 1. The second-order valence-corrected chi connectivity index (χ2v) is 8.38. The molecule has 34 heavy (non-hydrogen) atoms. The Kier molecular flexibility index (Phi) is 7.07. The maximum Gasteiger partial charge on any atom is 0.308 e. The van der Waals surface area contributed by atoms with Gasteiger partial charge in [0, 0.05) is 12.1 Å². The van der Waals surface area contributed by atoms with Gasteiger partial charge >= 0.3 is 5.97 Å². The van der Waals surface area contributed by atoms with E-state index in [1.807, 2.05) is 79.7 Å². The van der Waals surface area contributed by atoms with E-state index >= 15 is 0 Å². The molecular weight excluding hydrogens is 428 g/mol. The summed E-state index contributed by atoms with van der Waals surface area (Å²) in [5, 5.41) is 3.03. The lowest BCUT2D eigenvalue weighted by atomic mass is 10.00. The molecule has 0 unspecified atom stereocenters. The maximum absolute atomic E-state index is 13.8. The number of amides is 2. The Morgan fingerprint density at radius 2 is 1.62 bits per heavy atom. The van der Waals surface area contributed by atoms with Gasteiger partial charge in [-0.2, -0.15) is 0 Å². The van der Waals surface area contributed by atoms with Crippen LogP contribution in [0.3, 0.4) is 0 Å². The van der Waals surface area contributed by atoms with Gasteiger partial charge in [0.15, 0.2) is 0 Å². The van der Waals surface area contributed by atoms with Gasteiger partial charge in [-0.3, -0.25) is 14.4 Å². The van der Waals surface area contributed by atoms with E-state index in [2.05, 4.69) is 5.32 Å². The topological polar surface area (TPSA) is 75.7 Å². The summed E-state index contributed by atoms with van der Waals surface area (Å²) in [7, 11) is 0. The van der Waals surface area contributed by atoms with Crippen molar-refractivity contribution in [2.45, 2.75) is 38.9 Å². The minimum atomic E-state index is -0.837. The molecule has 0 spiro atoms. The first-order valence-electron chi connectivity index (χ1n) is 11.4. The highest BCUT2D eigenvalue weighted by Crippen LogP contribution is 2.32. The van der Waals surface area contributed by atoms with E-state index < -0.39 is 18.1 Å². The largest absolute Gasteiger partial charge is 0.466 e. The quantitative estimate of drug-likeness (QED) is 0.507. The SMILES string of the molecule is CCOC(=O)C[C@H](NC(=O)[C@@H](c1ccccc1)N1Cc2ccccc2C1=O)c1ccc(C)cc1. The second-order valence-electron chi connectivity index (χ2n) is 8.38. The van der Waals surface area contributed by atoms with Crippen molar-refractivity contribution in [1.82, 2.24) is 10.2 Å². The van der Waals surface area contributed by atoms with Gasteiger partial charge in [0.1, 0.15) is 6.04 Å². The normalized spacial score (nSPS) is 14.3. The van der Waals surface area contributed by atoms with E-state index in [9.17, 15) is 14.4 Å². The third-order valence-electron chi connectivity index (χ3n) is 6.00. The molecule has 2 atom stereocenters. The molecule has 0 fully saturated rings. The van der Waals surface area contributed by atoms with Crippen LogP contribution < -0.4 is 5.32 Å². The fraction of sp³-hybridized carbons (Fsp3) is 0.250. The summed E-state index contributed by atoms with van der Waals surface area (Å²) in [6, 6.07) is 22.9. The second kappa shape index (κ2) is 10.3. The Bertz CT molecular complexity index is 1170. The van der Waals surface area contributed by atoms with E-state index in [1.54, 1.807) is 17.9 Å². The van der Waals surface area contributed by atoms with Gasteiger partial charge in [0.25, 0.3) is 5.91 Å². The van der Waals surface area contributed by atoms with Gasteiger partial charge in [-0.15, -0.1) is 0 Å². The number of carbonyl (C=O) groups is 3. The van der Waals surface area contributed by atoms with Crippen LogP contribution in [0.1, 0.15) is 58.0 Å². The van der Waals surface area contributed by atoms with Crippen molar-refractivity contribution in [3.8, 4) is 0 Å². The highest BCUT2D eigenvalue weighted by Gasteiger charge is 2.38. The van der Waals surface area contributed by atoms with E-state index in [0.29, 0.717) is 17.7 Å². The van der Waals surface area contributed by atoms with Crippen molar-refractivity contribution in [2.75, 3.05) is 6.61 Å². The smallest absolute Gasteiger partial charge is 0.308 e. The van der Waals surface area contributed by atoms with Gasteiger partial charge in [-0.1, -0.05) is 78.4 Å². The number of fused-ring (bicyclic) bond motifs is 1. The highest BCUT2D eigenvalue weighted by molar-refractivity contribution is 6.01. The van der Waals surface area contributed by atoms with Crippen LogP contribution in [0.2, 0.25) is 0 Å². The monoisotopic (exact) mass is 456 g/mol. The number of nitrogens with zero attached hydrogens (tertiary/aromatic N) is 1. The molecule has 0 radical (unpaired) electrons. The number of carbonyl (C=O) groups excluding carboxylic acids is 3. The summed E-state index contributed by atoms with van der Waals surface area (Å²) in [6.07, 6.45) is -0.00166. The molecule has 1 heterocycles. The van der Waals surface area contributed by atoms with Gasteiger partial charge in [-0.25, -0.2) is 0 Å². The number of rotatable bonds is 8. The predicted molar refractivity (Wildman–Crippen MR) is 129 cm³/mol. The number of benzene rings is 3. The first-order chi connectivity index (χ1) is 16.5. The molecule has 0 saturated heterocycles. The molecule has 3 aromatic carbocycles. The Hall–Kier alpha value is -3.93. The number of esters is 1. The molecule has 0 bridgehead atoms. The number of hydrogen-bond donors (Lipinski definition) is 1. The third kappa shape index (κ3) is 5.01. The van der Waals surface area contributed by atoms with Crippen molar-refractivity contribution in [2.24, 2.45) is 0 Å². The molecule has 1 aliphatic heterocycles. The molecule has 1 N–H and O–H groups in total. The Morgan fingerprint density at radius 1 is 0.941 bits per heavy atom. The zero-order valence-corrected chi connectivity index (χ0v) is 19.4. The summed E-state index contributed by atoms with van der Waals surface area (Å²) in [5.41, 5.74) is 4.09. The first kappa shape index (κ1) is 23.2. The van der Waals surface area contributed by atoms with Crippen LogP contribution in [-0.4, -0.2) is 29.3 Å². The fourth-order valence-electron chi connectivity index (χ4n) is 4.28. The van der Waals surface area contributed by atoms with E-state index in [-0.39, 0.29) is 24.8 Å². The molecule has 6 nitrogen and oxygen atoms in total. The molecule has 1 aliphatic rings. The zero-order chi connectivity index (χ0) is 24.1. The lowest BCUT2D eigenvalue weighted by molar-refractivity contribution is -0.144. The summed E-state index contributed by atoms with van der Waals surface area (Å²) < 4.78 is 5.15. The standard InChI is InChI=1S/C28H28N2O4/c1-3-34-25(31)17-24(20-15-13-19(2)14-16-20)29-27(32)26(21-9-5-4-6-10-21)30-18-22-11-7-8-12-23(22)28(30)33/h4-16,24,26H,3,17-18H2,1-2H3,(H,29,32)/t24-,26+/m0/s1. The molecule has 174 valence electrons. The van der Waals surface area contributed by atoms with Crippen molar-refractivity contribution in [1.29, 1.82) is 0 Å². The van der Waals surface area contributed by atoms with Gasteiger partial charge < -0.3 is 15.0 Å². The molecular formula is C28H28N2O4. The number of nitrogens with one attached hydrogen (secondary N) is 1.